The number of aryl methyl sites for hydroxylation is 1. The van der Waals surface area contributed by atoms with Gasteiger partial charge in [-0.2, -0.15) is 0 Å². The van der Waals surface area contributed by atoms with Crippen molar-refractivity contribution in [1.82, 2.24) is 10.2 Å². The lowest BCUT2D eigenvalue weighted by atomic mass is 9.92. The number of carbonyl (C=O) groups excluding carboxylic acids is 1. The first-order chi connectivity index (χ1) is 10.5. The predicted octanol–water partition coefficient (Wildman–Crippen LogP) is 3.65. The summed E-state index contributed by atoms with van der Waals surface area (Å²) in [7, 11) is 2.00. The van der Waals surface area contributed by atoms with Gasteiger partial charge in [-0.05, 0) is 49.7 Å². The SMILES string of the molecule is Cc1ccccc1C(C)CC(=O)N(C)C1CC2CCC(C1)N2.Cl. The fraction of sp³-hybridized carbons (Fsp3) is 0.632. The van der Waals surface area contributed by atoms with E-state index in [0.717, 1.165) is 12.8 Å². The van der Waals surface area contributed by atoms with E-state index in [1.165, 1.54) is 24.0 Å². The van der Waals surface area contributed by atoms with Crippen molar-refractivity contribution in [2.45, 2.75) is 70.0 Å². The van der Waals surface area contributed by atoms with E-state index in [2.05, 4.69) is 43.4 Å². The first-order valence-corrected chi connectivity index (χ1v) is 8.62. The van der Waals surface area contributed by atoms with E-state index < -0.39 is 0 Å². The third-order valence-corrected chi connectivity index (χ3v) is 5.59. The number of carbonyl (C=O) groups is 1. The fourth-order valence-corrected chi connectivity index (χ4v) is 4.20. The minimum atomic E-state index is 0. The number of nitrogens with one attached hydrogen (secondary N) is 1. The molecule has 1 aromatic carbocycles. The van der Waals surface area contributed by atoms with Crippen LogP contribution in [-0.4, -0.2) is 36.0 Å². The van der Waals surface area contributed by atoms with Crippen molar-refractivity contribution in [3.05, 3.63) is 35.4 Å². The number of fused-ring (bicyclic) bond motifs is 2. The maximum Gasteiger partial charge on any atom is 0.223 e. The Balaban J connectivity index is 0.00000192. The Morgan fingerprint density at radius 2 is 1.87 bits per heavy atom. The van der Waals surface area contributed by atoms with Crippen LogP contribution in [-0.2, 0) is 4.79 Å². The Morgan fingerprint density at radius 3 is 2.48 bits per heavy atom. The molecule has 2 fully saturated rings. The number of halogens is 1. The minimum Gasteiger partial charge on any atom is -0.343 e. The van der Waals surface area contributed by atoms with E-state index in [1.807, 2.05) is 11.9 Å². The molecule has 0 radical (unpaired) electrons. The molecule has 0 saturated carbocycles. The zero-order valence-corrected chi connectivity index (χ0v) is 15.2. The molecular formula is C19H29ClN2O. The number of piperidine rings is 1. The second-order valence-corrected chi connectivity index (χ2v) is 7.23. The molecule has 0 aliphatic carbocycles. The smallest absolute Gasteiger partial charge is 0.223 e. The quantitative estimate of drug-likeness (QED) is 0.910. The lowest BCUT2D eigenvalue weighted by molar-refractivity contribution is -0.133. The predicted molar refractivity (Wildman–Crippen MR) is 97.2 cm³/mol. The highest BCUT2D eigenvalue weighted by Crippen LogP contribution is 2.30. The third kappa shape index (κ3) is 4.07. The van der Waals surface area contributed by atoms with E-state index in [-0.39, 0.29) is 18.3 Å². The van der Waals surface area contributed by atoms with Crippen molar-refractivity contribution >= 4 is 18.3 Å². The molecule has 1 aromatic rings. The van der Waals surface area contributed by atoms with Crippen molar-refractivity contribution in [2.75, 3.05) is 7.05 Å². The molecule has 4 heteroatoms. The largest absolute Gasteiger partial charge is 0.343 e. The van der Waals surface area contributed by atoms with Gasteiger partial charge in [0, 0.05) is 31.6 Å². The Bertz CT molecular complexity index is 536. The molecule has 128 valence electrons. The third-order valence-electron chi connectivity index (χ3n) is 5.59. The van der Waals surface area contributed by atoms with Crippen LogP contribution in [0.1, 0.15) is 56.1 Å². The highest BCUT2D eigenvalue weighted by molar-refractivity contribution is 5.85. The summed E-state index contributed by atoms with van der Waals surface area (Å²) in [4.78, 5) is 14.7. The maximum atomic E-state index is 12.7. The molecule has 0 spiro atoms. The summed E-state index contributed by atoms with van der Waals surface area (Å²) in [5.74, 6) is 0.580. The van der Waals surface area contributed by atoms with Gasteiger partial charge in [0.25, 0.3) is 0 Å². The van der Waals surface area contributed by atoms with Gasteiger partial charge in [-0.25, -0.2) is 0 Å². The van der Waals surface area contributed by atoms with Gasteiger partial charge in [-0.3, -0.25) is 4.79 Å². The molecule has 0 aromatic heterocycles. The van der Waals surface area contributed by atoms with Crippen LogP contribution in [0.2, 0.25) is 0 Å². The number of benzene rings is 1. The number of rotatable bonds is 4. The topological polar surface area (TPSA) is 32.3 Å². The van der Waals surface area contributed by atoms with Crippen molar-refractivity contribution in [3.8, 4) is 0 Å². The molecule has 3 atom stereocenters. The van der Waals surface area contributed by atoms with Crippen molar-refractivity contribution in [1.29, 1.82) is 0 Å². The Morgan fingerprint density at radius 1 is 1.26 bits per heavy atom. The summed E-state index contributed by atoms with van der Waals surface area (Å²) >= 11 is 0. The summed E-state index contributed by atoms with van der Waals surface area (Å²) in [6.45, 7) is 4.30. The summed E-state index contributed by atoms with van der Waals surface area (Å²) in [5, 5.41) is 3.65. The molecule has 3 rings (SSSR count). The molecule has 1 N–H and O–H groups in total. The van der Waals surface area contributed by atoms with Gasteiger partial charge < -0.3 is 10.2 Å². The van der Waals surface area contributed by atoms with E-state index in [0.29, 0.717) is 30.5 Å². The average molecular weight is 337 g/mol. The van der Waals surface area contributed by atoms with E-state index in [1.54, 1.807) is 0 Å². The zero-order valence-electron chi connectivity index (χ0n) is 14.4. The Hall–Kier alpha value is -1.06. The van der Waals surface area contributed by atoms with Gasteiger partial charge in [0.05, 0.1) is 0 Å². The van der Waals surface area contributed by atoms with Gasteiger partial charge in [-0.1, -0.05) is 31.2 Å². The standard InChI is InChI=1S/C19H28N2O.ClH/c1-13-6-4-5-7-18(13)14(2)10-19(22)21(3)17-11-15-8-9-16(12-17)20-15;/h4-7,14-17,20H,8-12H2,1-3H3;1H. The molecule has 2 heterocycles. The van der Waals surface area contributed by atoms with Gasteiger partial charge in [0.15, 0.2) is 0 Å². The van der Waals surface area contributed by atoms with Gasteiger partial charge in [0.1, 0.15) is 0 Å². The van der Waals surface area contributed by atoms with Crippen LogP contribution in [0, 0.1) is 6.92 Å². The molecule has 2 aliphatic rings. The molecule has 3 unspecified atom stereocenters. The molecular weight excluding hydrogens is 308 g/mol. The van der Waals surface area contributed by atoms with E-state index in [9.17, 15) is 4.79 Å². The highest BCUT2D eigenvalue weighted by atomic mass is 35.5. The minimum absolute atomic E-state index is 0. The van der Waals surface area contributed by atoms with Crippen LogP contribution in [0.25, 0.3) is 0 Å². The second kappa shape index (κ2) is 7.67. The molecule has 23 heavy (non-hydrogen) atoms. The maximum absolute atomic E-state index is 12.7. The monoisotopic (exact) mass is 336 g/mol. The fourth-order valence-electron chi connectivity index (χ4n) is 4.20. The van der Waals surface area contributed by atoms with Crippen molar-refractivity contribution in [3.63, 3.8) is 0 Å². The summed E-state index contributed by atoms with van der Waals surface area (Å²) < 4.78 is 0. The van der Waals surface area contributed by atoms with Crippen LogP contribution < -0.4 is 5.32 Å². The van der Waals surface area contributed by atoms with Crippen LogP contribution in [0.4, 0.5) is 0 Å². The molecule has 3 nitrogen and oxygen atoms in total. The molecule has 2 aliphatic heterocycles. The van der Waals surface area contributed by atoms with Gasteiger partial charge in [-0.15, -0.1) is 12.4 Å². The average Bonchev–Trinajstić information content (AvgIpc) is 2.85. The first-order valence-electron chi connectivity index (χ1n) is 8.62. The van der Waals surface area contributed by atoms with Crippen LogP contribution >= 0.6 is 12.4 Å². The van der Waals surface area contributed by atoms with Crippen molar-refractivity contribution in [2.24, 2.45) is 0 Å². The van der Waals surface area contributed by atoms with E-state index in [4.69, 9.17) is 0 Å². The van der Waals surface area contributed by atoms with Gasteiger partial charge in [0.2, 0.25) is 5.91 Å². The van der Waals surface area contributed by atoms with Gasteiger partial charge >= 0.3 is 0 Å². The highest BCUT2D eigenvalue weighted by Gasteiger charge is 2.36. The number of nitrogens with zero attached hydrogens (tertiary/aromatic N) is 1. The second-order valence-electron chi connectivity index (χ2n) is 7.23. The first kappa shape index (κ1) is 18.3. The lowest BCUT2D eigenvalue weighted by Gasteiger charge is -2.36. The summed E-state index contributed by atoms with van der Waals surface area (Å²) in [5.41, 5.74) is 2.58. The normalized spacial score (nSPS) is 27.2. The van der Waals surface area contributed by atoms with E-state index >= 15 is 0 Å². The lowest BCUT2D eigenvalue weighted by Crippen LogP contribution is -2.48. The number of hydrogen-bond donors (Lipinski definition) is 1. The number of amides is 1. The van der Waals surface area contributed by atoms with Crippen LogP contribution in [0.15, 0.2) is 24.3 Å². The Kier molecular flexibility index (Phi) is 6.10. The summed E-state index contributed by atoms with van der Waals surface area (Å²) in [6.07, 6.45) is 5.42. The molecule has 1 amide bonds. The summed E-state index contributed by atoms with van der Waals surface area (Å²) in [6, 6.07) is 10.1. The molecule has 2 saturated heterocycles. The van der Waals surface area contributed by atoms with Crippen molar-refractivity contribution < 1.29 is 4.79 Å². The molecule has 2 bridgehead atoms. The van der Waals surface area contributed by atoms with Crippen LogP contribution in [0.5, 0.6) is 0 Å². The van der Waals surface area contributed by atoms with Crippen LogP contribution in [0.3, 0.4) is 0 Å². The zero-order chi connectivity index (χ0) is 15.7. The Labute approximate surface area is 146 Å². The number of hydrogen-bond acceptors (Lipinski definition) is 2.